The number of rotatable bonds is 1. The smallest absolute Gasteiger partial charge is 0.240 e. The molecule has 2 atom stereocenters. The molecule has 0 bridgehead atoms. The fraction of sp³-hybridized carbons (Fsp3) is 0.917. The number of ether oxygens (including phenoxy) is 1. The van der Waals surface area contributed by atoms with Gasteiger partial charge in [0.15, 0.2) is 0 Å². The fourth-order valence-corrected chi connectivity index (χ4v) is 2.87. The molecule has 5 heteroatoms. The Morgan fingerprint density at radius 2 is 2.18 bits per heavy atom. The lowest BCUT2D eigenvalue weighted by Crippen LogP contribution is -2.52. The van der Waals surface area contributed by atoms with Crippen LogP contribution in [-0.4, -0.2) is 52.7 Å². The van der Waals surface area contributed by atoms with E-state index in [0.717, 1.165) is 19.3 Å². The highest BCUT2D eigenvalue weighted by Crippen LogP contribution is 2.35. The second-order valence-corrected chi connectivity index (χ2v) is 5.77. The Bertz CT molecular complexity index is 287. The molecule has 1 amide bonds. The van der Waals surface area contributed by atoms with Gasteiger partial charge in [-0.15, -0.1) is 11.6 Å². The molecule has 0 aromatic heterocycles. The Kier molecular flexibility index (Phi) is 3.95. The molecule has 0 saturated carbocycles. The third kappa shape index (κ3) is 2.92. The van der Waals surface area contributed by atoms with Gasteiger partial charge in [0.25, 0.3) is 0 Å². The minimum absolute atomic E-state index is 0.00197. The normalized spacial score (nSPS) is 30.3. The number of carbonyl (C=O) groups excluding carboxylic acids is 1. The van der Waals surface area contributed by atoms with Crippen LogP contribution in [0.5, 0.6) is 0 Å². The van der Waals surface area contributed by atoms with E-state index in [1.807, 2.05) is 0 Å². The highest BCUT2D eigenvalue weighted by Gasteiger charge is 2.41. The lowest BCUT2D eigenvalue weighted by Gasteiger charge is -2.45. The van der Waals surface area contributed by atoms with Crippen LogP contribution >= 0.6 is 11.6 Å². The predicted molar refractivity (Wildman–Crippen MR) is 65.1 cm³/mol. The van der Waals surface area contributed by atoms with E-state index < -0.39 is 5.38 Å². The van der Waals surface area contributed by atoms with E-state index in [-0.39, 0.29) is 17.6 Å². The third-order valence-electron chi connectivity index (χ3n) is 3.79. The first-order valence-corrected chi connectivity index (χ1v) is 6.71. The Morgan fingerprint density at radius 1 is 1.53 bits per heavy atom. The molecule has 0 aromatic rings. The van der Waals surface area contributed by atoms with Crippen LogP contribution in [0.4, 0.5) is 0 Å². The van der Waals surface area contributed by atoms with Crippen molar-refractivity contribution in [1.29, 1.82) is 0 Å². The van der Waals surface area contributed by atoms with Gasteiger partial charge < -0.3 is 14.7 Å². The van der Waals surface area contributed by atoms with Gasteiger partial charge in [-0.1, -0.05) is 0 Å². The van der Waals surface area contributed by atoms with Crippen LogP contribution in [0.2, 0.25) is 0 Å². The number of likely N-dealkylation sites (tertiary alicyclic amines) is 1. The van der Waals surface area contributed by atoms with Crippen molar-refractivity contribution < 1.29 is 14.6 Å². The summed E-state index contributed by atoms with van der Waals surface area (Å²) in [6.07, 6.45) is 2.78. The first-order chi connectivity index (χ1) is 8.02. The van der Waals surface area contributed by atoms with Crippen molar-refractivity contribution in [3.05, 3.63) is 0 Å². The highest BCUT2D eigenvalue weighted by atomic mass is 35.5. The van der Waals surface area contributed by atoms with Crippen LogP contribution in [0.15, 0.2) is 0 Å². The Labute approximate surface area is 107 Å². The molecule has 2 fully saturated rings. The van der Waals surface area contributed by atoms with E-state index in [1.54, 1.807) is 11.8 Å². The Balaban J connectivity index is 1.91. The monoisotopic (exact) mass is 261 g/mol. The molecule has 2 rings (SSSR count). The van der Waals surface area contributed by atoms with Gasteiger partial charge in [-0.3, -0.25) is 4.79 Å². The van der Waals surface area contributed by atoms with Crippen molar-refractivity contribution in [2.24, 2.45) is 0 Å². The van der Waals surface area contributed by atoms with Crippen molar-refractivity contribution in [3.63, 3.8) is 0 Å². The van der Waals surface area contributed by atoms with E-state index >= 15 is 0 Å². The molecule has 2 aliphatic heterocycles. The van der Waals surface area contributed by atoms with Gasteiger partial charge >= 0.3 is 0 Å². The van der Waals surface area contributed by atoms with Crippen molar-refractivity contribution in [2.75, 3.05) is 19.7 Å². The van der Waals surface area contributed by atoms with Crippen LogP contribution < -0.4 is 0 Å². The second kappa shape index (κ2) is 5.12. The SMILES string of the molecule is C[C@@H](Cl)C(=O)N1CCC2(CC1)C[C@H](O)CCO2. The van der Waals surface area contributed by atoms with Gasteiger partial charge in [-0.05, 0) is 26.2 Å². The van der Waals surface area contributed by atoms with Crippen molar-refractivity contribution in [2.45, 2.75) is 49.7 Å². The molecule has 1 spiro atoms. The molecular formula is C12H20ClNO3. The molecule has 2 aliphatic rings. The maximum Gasteiger partial charge on any atom is 0.240 e. The summed E-state index contributed by atoms with van der Waals surface area (Å²) >= 11 is 5.80. The molecular weight excluding hydrogens is 242 g/mol. The number of aliphatic hydroxyl groups excluding tert-OH is 1. The number of halogens is 1. The summed E-state index contributed by atoms with van der Waals surface area (Å²) < 4.78 is 5.83. The van der Waals surface area contributed by atoms with Gasteiger partial charge in [0.1, 0.15) is 5.38 Å². The minimum atomic E-state index is -0.457. The summed E-state index contributed by atoms with van der Waals surface area (Å²) in [5.41, 5.74) is -0.204. The largest absolute Gasteiger partial charge is 0.393 e. The number of aliphatic hydroxyl groups is 1. The molecule has 0 aromatic carbocycles. The van der Waals surface area contributed by atoms with E-state index in [9.17, 15) is 9.90 Å². The zero-order valence-corrected chi connectivity index (χ0v) is 10.9. The molecule has 2 heterocycles. The number of hydrogen-bond donors (Lipinski definition) is 1. The van der Waals surface area contributed by atoms with Crippen molar-refractivity contribution in [3.8, 4) is 0 Å². The van der Waals surface area contributed by atoms with Crippen LogP contribution in [-0.2, 0) is 9.53 Å². The second-order valence-electron chi connectivity index (χ2n) is 5.12. The zero-order valence-electron chi connectivity index (χ0n) is 10.2. The quantitative estimate of drug-likeness (QED) is 0.721. The summed E-state index contributed by atoms with van der Waals surface area (Å²) in [7, 11) is 0. The molecule has 1 N–H and O–H groups in total. The van der Waals surface area contributed by atoms with E-state index in [4.69, 9.17) is 16.3 Å². The minimum Gasteiger partial charge on any atom is -0.393 e. The highest BCUT2D eigenvalue weighted by molar-refractivity contribution is 6.30. The molecule has 0 radical (unpaired) electrons. The van der Waals surface area contributed by atoms with Gasteiger partial charge in [0.2, 0.25) is 5.91 Å². The van der Waals surface area contributed by atoms with E-state index in [1.165, 1.54) is 0 Å². The van der Waals surface area contributed by atoms with Crippen LogP contribution in [0.1, 0.15) is 32.6 Å². The molecule has 0 unspecified atom stereocenters. The van der Waals surface area contributed by atoms with Crippen LogP contribution in [0.25, 0.3) is 0 Å². The third-order valence-corrected chi connectivity index (χ3v) is 3.98. The number of nitrogens with zero attached hydrogens (tertiary/aromatic N) is 1. The fourth-order valence-electron chi connectivity index (χ4n) is 2.74. The molecule has 0 aliphatic carbocycles. The number of alkyl halides is 1. The summed E-state index contributed by atoms with van der Waals surface area (Å²) in [5, 5.41) is 9.25. The summed E-state index contributed by atoms with van der Waals surface area (Å²) in [6.45, 7) is 3.70. The Hall–Kier alpha value is -0.320. The van der Waals surface area contributed by atoms with Gasteiger partial charge in [0.05, 0.1) is 11.7 Å². The first kappa shape index (κ1) is 13.1. The standard InChI is InChI=1S/C12H20ClNO3/c1-9(13)11(16)14-5-3-12(4-6-14)8-10(15)2-7-17-12/h9-10,15H,2-8H2,1H3/t9-,10-/m1/s1. The van der Waals surface area contributed by atoms with Gasteiger partial charge in [0, 0.05) is 26.1 Å². The number of hydrogen-bond acceptors (Lipinski definition) is 3. The number of amides is 1. The molecule has 98 valence electrons. The van der Waals surface area contributed by atoms with Gasteiger partial charge in [-0.2, -0.15) is 0 Å². The van der Waals surface area contributed by atoms with Crippen LogP contribution in [0, 0.1) is 0 Å². The average Bonchev–Trinajstić information content (AvgIpc) is 2.29. The predicted octanol–water partition coefficient (Wildman–Crippen LogP) is 1.15. The maximum atomic E-state index is 11.7. The van der Waals surface area contributed by atoms with E-state index in [2.05, 4.69) is 0 Å². The summed E-state index contributed by atoms with van der Waals surface area (Å²) in [5.74, 6) is -0.00197. The topological polar surface area (TPSA) is 49.8 Å². The Morgan fingerprint density at radius 3 is 2.71 bits per heavy atom. The number of carbonyl (C=O) groups is 1. The van der Waals surface area contributed by atoms with Gasteiger partial charge in [-0.25, -0.2) is 0 Å². The molecule has 17 heavy (non-hydrogen) atoms. The van der Waals surface area contributed by atoms with Crippen molar-refractivity contribution in [1.82, 2.24) is 4.90 Å². The molecule has 4 nitrogen and oxygen atoms in total. The number of piperidine rings is 1. The maximum absolute atomic E-state index is 11.7. The van der Waals surface area contributed by atoms with Crippen molar-refractivity contribution >= 4 is 17.5 Å². The lowest BCUT2D eigenvalue weighted by atomic mass is 9.83. The average molecular weight is 262 g/mol. The summed E-state index contributed by atoms with van der Waals surface area (Å²) in [6, 6.07) is 0. The zero-order chi connectivity index (χ0) is 12.5. The summed E-state index contributed by atoms with van der Waals surface area (Å²) in [4.78, 5) is 13.5. The van der Waals surface area contributed by atoms with E-state index in [0.29, 0.717) is 26.1 Å². The molecule has 2 saturated heterocycles. The first-order valence-electron chi connectivity index (χ1n) is 6.27. The van der Waals surface area contributed by atoms with Crippen LogP contribution in [0.3, 0.4) is 0 Å². The lowest BCUT2D eigenvalue weighted by molar-refractivity contribution is -0.153.